The molecule has 0 aromatic carbocycles. The van der Waals surface area contributed by atoms with Crippen molar-refractivity contribution >= 4 is 5.97 Å². The molecule has 0 heterocycles. The van der Waals surface area contributed by atoms with Crippen LogP contribution in [0, 0.1) is 5.92 Å². The summed E-state index contributed by atoms with van der Waals surface area (Å²) in [5.74, 6) is -0.141. The van der Waals surface area contributed by atoms with Crippen LogP contribution >= 0.6 is 0 Å². The van der Waals surface area contributed by atoms with Crippen molar-refractivity contribution in [3.63, 3.8) is 0 Å². The van der Waals surface area contributed by atoms with Gasteiger partial charge < -0.3 is 20.6 Å². The predicted molar refractivity (Wildman–Crippen MR) is 121 cm³/mol. The topological polar surface area (TPSA) is 89.8 Å². The van der Waals surface area contributed by atoms with Crippen LogP contribution in [0.4, 0.5) is 0 Å². The normalized spacial score (nSPS) is 12.0. The third-order valence-electron chi connectivity index (χ3n) is 5.91. The molecule has 0 aliphatic carbocycles. The molecule has 0 bridgehead atoms. The van der Waals surface area contributed by atoms with Gasteiger partial charge in [-0.2, -0.15) is 0 Å². The van der Waals surface area contributed by atoms with Gasteiger partial charge in [-0.05, 0) is 31.7 Å². The average molecular weight is 416 g/mol. The predicted octanol–water partition coefficient (Wildman–Crippen LogP) is 5.28. The fourth-order valence-electron chi connectivity index (χ4n) is 3.92. The zero-order valence-corrected chi connectivity index (χ0v) is 19.3. The highest BCUT2D eigenvalue weighted by molar-refractivity contribution is 5.78. The van der Waals surface area contributed by atoms with E-state index in [2.05, 4.69) is 19.2 Å². The Hall–Kier alpha value is -0.650. The summed E-state index contributed by atoms with van der Waals surface area (Å²) in [5, 5.41) is 30.8. The minimum absolute atomic E-state index is 0.126. The van der Waals surface area contributed by atoms with Gasteiger partial charge in [0.05, 0.1) is 0 Å². The van der Waals surface area contributed by atoms with Crippen LogP contribution in [0.1, 0.15) is 117 Å². The van der Waals surface area contributed by atoms with Crippen molar-refractivity contribution in [1.29, 1.82) is 0 Å². The number of carboxylic acids is 1. The number of hydrogen-bond acceptors (Lipinski definition) is 4. The van der Waals surface area contributed by atoms with E-state index < -0.39 is 11.5 Å². The van der Waals surface area contributed by atoms with E-state index in [1.54, 1.807) is 0 Å². The average Bonchev–Trinajstić information content (AvgIpc) is 2.67. The molecule has 5 nitrogen and oxygen atoms in total. The Morgan fingerprint density at radius 1 is 0.724 bits per heavy atom. The Morgan fingerprint density at radius 2 is 1.10 bits per heavy atom. The fraction of sp³-hybridized carbons (Fsp3) is 0.958. The first kappa shape index (κ1) is 28.4. The quantitative estimate of drug-likeness (QED) is 0.181. The van der Waals surface area contributed by atoms with Crippen LogP contribution in [0.2, 0.25) is 0 Å². The van der Waals surface area contributed by atoms with Crippen LogP contribution in [-0.2, 0) is 4.79 Å². The molecule has 0 saturated carbocycles. The molecule has 0 amide bonds. The Morgan fingerprint density at radius 3 is 1.45 bits per heavy atom. The monoisotopic (exact) mass is 415 g/mol. The lowest BCUT2D eigenvalue weighted by Gasteiger charge is -2.29. The molecule has 0 atom stereocenters. The molecule has 4 N–H and O–H groups in total. The van der Waals surface area contributed by atoms with Crippen LogP contribution in [0.15, 0.2) is 0 Å². The van der Waals surface area contributed by atoms with Gasteiger partial charge in [0.1, 0.15) is 5.54 Å². The molecular weight excluding hydrogens is 366 g/mol. The summed E-state index contributed by atoms with van der Waals surface area (Å²) in [6.45, 7) is 4.83. The summed E-state index contributed by atoms with van der Waals surface area (Å²) < 4.78 is 0. The summed E-state index contributed by atoms with van der Waals surface area (Å²) in [6.07, 6.45) is 18.5. The molecule has 0 aromatic heterocycles. The maximum Gasteiger partial charge on any atom is 0.324 e. The summed E-state index contributed by atoms with van der Waals surface area (Å²) in [5.41, 5.74) is -1.20. The highest BCUT2D eigenvalue weighted by atomic mass is 16.4. The molecule has 0 aliphatic rings. The molecule has 5 heteroatoms. The molecule has 0 fully saturated rings. The van der Waals surface area contributed by atoms with Crippen molar-refractivity contribution in [2.24, 2.45) is 5.92 Å². The van der Waals surface area contributed by atoms with Crippen molar-refractivity contribution in [2.45, 2.75) is 122 Å². The number of carbonyl (C=O) groups is 1. The van der Waals surface area contributed by atoms with E-state index >= 15 is 0 Å². The molecule has 0 spiro atoms. The van der Waals surface area contributed by atoms with Gasteiger partial charge in [-0.15, -0.1) is 0 Å². The second-order valence-electron chi connectivity index (χ2n) is 9.04. The number of rotatable bonds is 22. The number of hydrogen-bond donors (Lipinski definition) is 4. The Bertz CT molecular complexity index is 368. The Kier molecular flexibility index (Phi) is 18.9. The second kappa shape index (κ2) is 19.3. The Balaban J connectivity index is 3.49. The maximum atomic E-state index is 11.5. The van der Waals surface area contributed by atoms with Gasteiger partial charge >= 0.3 is 5.97 Å². The van der Waals surface area contributed by atoms with Crippen molar-refractivity contribution in [3.8, 4) is 0 Å². The summed E-state index contributed by atoms with van der Waals surface area (Å²) in [4.78, 5) is 11.5. The van der Waals surface area contributed by atoms with E-state index in [-0.39, 0.29) is 26.1 Å². The van der Waals surface area contributed by atoms with Gasteiger partial charge in [-0.25, -0.2) is 0 Å². The van der Waals surface area contributed by atoms with Crippen molar-refractivity contribution < 1.29 is 20.1 Å². The van der Waals surface area contributed by atoms with Crippen molar-refractivity contribution in [3.05, 3.63) is 0 Å². The zero-order valence-electron chi connectivity index (χ0n) is 19.3. The van der Waals surface area contributed by atoms with E-state index in [1.807, 2.05) is 0 Å². The number of nitrogens with one attached hydrogen (secondary N) is 1. The summed E-state index contributed by atoms with van der Waals surface area (Å²) in [6, 6.07) is 0. The molecule has 29 heavy (non-hydrogen) atoms. The minimum Gasteiger partial charge on any atom is -0.480 e. The molecule has 0 rings (SSSR count). The maximum absolute atomic E-state index is 11.5. The second-order valence-corrected chi connectivity index (χ2v) is 9.04. The first-order valence-electron chi connectivity index (χ1n) is 12.2. The molecular formula is C24H49NO4. The number of aliphatic hydroxyl groups is 2. The third-order valence-corrected chi connectivity index (χ3v) is 5.91. The summed E-state index contributed by atoms with van der Waals surface area (Å²) >= 11 is 0. The van der Waals surface area contributed by atoms with E-state index in [0.29, 0.717) is 6.54 Å². The number of unbranched alkanes of at least 4 members (excludes halogenated alkanes) is 12. The lowest BCUT2D eigenvalue weighted by molar-refractivity contribution is -0.146. The summed E-state index contributed by atoms with van der Waals surface area (Å²) in [7, 11) is 0. The van der Waals surface area contributed by atoms with Crippen LogP contribution in [0.5, 0.6) is 0 Å². The van der Waals surface area contributed by atoms with Gasteiger partial charge in [0, 0.05) is 13.2 Å². The first-order valence-corrected chi connectivity index (χ1v) is 12.2. The molecule has 174 valence electrons. The smallest absolute Gasteiger partial charge is 0.324 e. The van der Waals surface area contributed by atoms with Crippen molar-refractivity contribution in [1.82, 2.24) is 5.32 Å². The fourth-order valence-corrected chi connectivity index (χ4v) is 3.92. The highest BCUT2D eigenvalue weighted by Gasteiger charge is 2.36. The van der Waals surface area contributed by atoms with E-state index in [4.69, 9.17) is 10.2 Å². The van der Waals surface area contributed by atoms with Gasteiger partial charge in [0.25, 0.3) is 0 Å². The standard InChI is InChI=1S/C24H49NO4/c1-22(2)16-14-12-10-8-6-4-3-5-7-9-11-13-15-19-25-24(17-20-26,18-21-27)23(28)29/h22,25-27H,3-21H2,1-2H3,(H,28,29). The van der Waals surface area contributed by atoms with Gasteiger partial charge in [-0.3, -0.25) is 4.79 Å². The van der Waals surface area contributed by atoms with E-state index in [9.17, 15) is 9.90 Å². The molecule has 0 unspecified atom stereocenters. The minimum atomic E-state index is -1.20. The van der Waals surface area contributed by atoms with Crippen LogP contribution in [0.25, 0.3) is 0 Å². The van der Waals surface area contributed by atoms with Crippen LogP contribution < -0.4 is 5.32 Å². The van der Waals surface area contributed by atoms with Gasteiger partial charge in [-0.1, -0.05) is 97.3 Å². The molecule has 0 aromatic rings. The number of carboxylic acid groups (broad SMARTS) is 1. The molecule has 0 aliphatic heterocycles. The lowest BCUT2D eigenvalue weighted by atomic mass is 9.91. The van der Waals surface area contributed by atoms with Gasteiger partial charge in [0.15, 0.2) is 0 Å². The number of aliphatic hydroxyl groups excluding tert-OH is 2. The SMILES string of the molecule is CC(C)CCCCCCCCCCCCCCCNC(CCO)(CCO)C(=O)O. The highest BCUT2D eigenvalue weighted by Crippen LogP contribution is 2.17. The van der Waals surface area contributed by atoms with E-state index in [0.717, 1.165) is 18.8 Å². The molecule has 0 radical (unpaired) electrons. The first-order chi connectivity index (χ1) is 14.0. The zero-order chi connectivity index (χ0) is 21.8. The molecule has 0 saturated heterocycles. The largest absolute Gasteiger partial charge is 0.480 e. The van der Waals surface area contributed by atoms with Gasteiger partial charge in [0.2, 0.25) is 0 Å². The van der Waals surface area contributed by atoms with Crippen LogP contribution in [-0.4, -0.2) is 46.6 Å². The van der Waals surface area contributed by atoms with Crippen molar-refractivity contribution in [2.75, 3.05) is 19.8 Å². The van der Waals surface area contributed by atoms with E-state index in [1.165, 1.54) is 77.0 Å². The third kappa shape index (κ3) is 15.8. The Labute approximate surface area is 179 Å². The van der Waals surface area contributed by atoms with Crippen LogP contribution in [0.3, 0.4) is 0 Å². The number of aliphatic carboxylic acids is 1. The lowest BCUT2D eigenvalue weighted by Crippen LogP contribution is -2.53.